The zero-order valence-electron chi connectivity index (χ0n) is 15.5. The van der Waals surface area contributed by atoms with Crippen LogP contribution in [0, 0.1) is 0 Å². The van der Waals surface area contributed by atoms with Crippen molar-refractivity contribution in [3.8, 4) is 0 Å². The quantitative estimate of drug-likeness (QED) is 0.624. The molecule has 0 unspecified atom stereocenters. The van der Waals surface area contributed by atoms with Crippen molar-refractivity contribution < 1.29 is 8.83 Å². The Morgan fingerprint density at radius 3 is 1.74 bits per heavy atom. The van der Waals surface area contributed by atoms with E-state index in [1.54, 1.807) is 12.5 Å². The van der Waals surface area contributed by atoms with Gasteiger partial charge in [0.1, 0.15) is 11.5 Å². The number of nitrogens with zero attached hydrogens (tertiary/aromatic N) is 2. The minimum atomic E-state index is 0.245. The highest BCUT2D eigenvalue weighted by Gasteiger charge is 2.48. The van der Waals surface area contributed by atoms with E-state index in [1.807, 2.05) is 12.1 Å². The standard InChI is InChI=1S/C23H26N2O2/c1-2-8-18(9-3-1)23-24(16-19-10-6-14-26-19)21-12-4-5-13-22(21)25(23)17-20-11-7-15-27-20/h1-3,6-11,14-15,21-23H,4-5,12-13,16-17H2/t21-,22-/m1/s1. The van der Waals surface area contributed by atoms with Crippen molar-refractivity contribution in [2.75, 3.05) is 0 Å². The molecule has 0 radical (unpaired) electrons. The van der Waals surface area contributed by atoms with Crippen LogP contribution in [0.15, 0.2) is 76.0 Å². The third-order valence-corrected chi connectivity index (χ3v) is 6.11. The van der Waals surface area contributed by atoms with Gasteiger partial charge in [0, 0.05) is 12.1 Å². The van der Waals surface area contributed by atoms with Crippen LogP contribution in [0.25, 0.3) is 0 Å². The zero-order chi connectivity index (χ0) is 18.1. The second-order valence-electron chi connectivity index (χ2n) is 7.71. The Balaban J connectivity index is 1.54. The third-order valence-electron chi connectivity index (χ3n) is 6.11. The molecule has 2 aliphatic rings. The van der Waals surface area contributed by atoms with E-state index in [4.69, 9.17) is 8.83 Å². The molecule has 3 aromatic rings. The second kappa shape index (κ2) is 7.37. The first-order chi connectivity index (χ1) is 13.4. The Hall–Kier alpha value is -2.30. The van der Waals surface area contributed by atoms with Crippen LogP contribution in [0.4, 0.5) is 0 Å². The summed E-state index contributed by atoms with van der Waals surface area (Å²) in [6.07, 6.45) is 8.93. The molecule has 4 heteroatoms. The summed E-state index contributed by atoms with van der Waals surface area (Å²) in [7, 11) is 0. The summed E-state index contributed by atoms with van der Waals surface area (Å²) in [6.45, 7) is 1.70. The van der Waals surface area contributed by atoms with E-state index in [2.05, 4.69) is 52.3 Å². The van der Waals surface area contributed by atoms with Crippen LogP contribution in [0.2, 0.25) is 0 Å². The van der Waals surface area contributed by atoms with Crippen molar-refractivity contribution in [2.45, 2.75) is 57.0 Å². The predicted octanol–water partition coefficient (Wildman–Crippen LogP) is 5.20. The van der Waals surface area contributed by atoms with Gasteiger partial charge >= 0.3 is 0 Å². The summed E-state index contributed by atoms with van der Waals surface area (Å²) < 4.78 is 11.4. The summed E-state index contributed by atoms with van der Waals surface area (Å²) in [5.74, 6) is 2.08. The van der Waals surface area contributed by atoms with Crippen molar-refractivity contribution in [3.63, 3.8) is 0 Å². The summed E-state index contributed by atoms with van der Waals surface area (Å²) in [4.78, 5) is 5.31. The van der Waals surface area contributed by atoms with Gasteiger partial charge in [-0.2, -0.15) is 0 Å². The lowest BCUT2D eigenvalue weighted by Crippen LogP contribution is -2.39. The third kappa shape index (κ3) is 3.24. The molecule has 27 heavy (non-hydrogen) atoms. The Kier molecular flexibility index (Phi) is 4.60. The van der Waals surface area contributed by atoms with Crippen molar-refractivity contribution in [1.82, 2.24) is 9.80 Å². The molecule has 4 nitrogen and oxygen atoms in total. The highest BCUT2D eigenvalue weighted by atomic mass is 16.3. The fourth-order valence-corrected chi connectivity index (χ4v) is 5.00. The van der Waals surface area contributed by atoms with E-state index in [0.29, 0.717) is 12.1 Å². The highest BCUT2D eigenvalue weighted by Crippen LogP contribution is 2.45. The first kappa shape index (κ1) is 16.8. The summed E-state index contributed by atoms with van der Waals surface area (Å²) in [5, 5.41) is 0. The van der Waals surface area contributed by atoms with Crippen LogP contribution in [-0.4, -0.2) is 21.9 Å². The molecule has 1 saturated carbocycles. The van der Waals surface area contributed by atoms with Gasteiger partial charge < -0.3 is 8.83 Å². The van der Waals surface area contributed by atoms with Gasteiger partial charge in [0.2, 0.25) is 0 Å². The molecule has 1 aromatic carbocycles. The normalized spacial score (nSPS) is 24.3. The van der Waals surface area contributed by atoms with Gasteiger partial charge in [0.05, 0.1) is 31.8 Å². The molecule has 2 fully saturated rings. The van der Waals surface area contributed by atoms with E-state index in [0.717, 1.165) is 24.6 Å². The van der Waals surface area contributed by atoms with Crippen molar-refractivity contribution in [1.29, 1.82) is 0 Å². The van der Waals surface area contributed by atoms with Gasteiger partial charge in [0.15, 0.2) is 0 Å². The molecule has 1 aliphatic heterocycles. The minimum Gasteiger partial charge on any atom is -0.468 e. The van der Waals surface area contributed by atoms with E-state index >= 15 is 0 Å². The van der Waals surface area contributed by atoms with Crippen molar-refractivity contribution in [3.05, 3.63) is 84.2 Å². The average molecular weight is 362 g/mol. The first-order valence-electron chi connectivity index (χ1n) is 10.0. The van der Waals surface area contributed by atoms with E-state index in [-0.39, 0.29) is 6.17 Å². The summed E-state index contributed by atoms with van der Waals surface area (Å²) in [5.41, 5.74) is 1.35. The molecule has 1 saturated heterocycles. The van der Waals surface area contributed by atoms with E-state index in [1.165, 1.54) is 31.2 Å². The average Bonchev–Trinajstić information content (AvgIpc) is 3.46. The largest absolute Gasteiger partial charge is 0.468 e. The van der Waals surface area contributed by atoms with Crippen molar-refractivity contribution in [2.24, 2.45) is 0 Å². The van der Waals surface area contributed by atoms with Gasteiger partial charge in [-0.3, -0.25) is 9.80 Å². The molecule has 0 amide bonds. The van der Waals surface area contributed by atoms with Gasteiger partial charge in [-0.05, 0) is 42.7 Å². The number of furan rings is 2. The molecule has 1 aliphatic carbocycles. The van der Waals surface area contributed by atoms with Crippen LogP contribution in [0.5, 0.6) is 0 Å². The topological polar surface area (TPSA) is 32.8 Å². The molecule has 0 spiro atoms. The Morgan fingerprint density at radius 2 is 1.26 bits per heavy atom. The predicted molar refractivity (Wildman–Crippen MR) is 104 cm³/mol. The molecular formula is C23H26N2O2. The Labute approximate surface area is 160 Å². The summed E-state index contributed by atoms with van der Waals surface area (Å²) >= 11 is 0. The number of rotatable bonds is 5. The maximum atomic E-state index is 5.72. The summed E-state index contributed by atoms with van der Waals surface area (Å²) in [6, 6.07) is 20.2. The highest BCUT2D eigenvalue weighted by molar-refractivity contribution is 5.22. The van der Waals surface area contributed by atoms with Crippen LogP contribution in [-0.2, 0) is 13.1 Å². The fourth-order valence-electron chi connectivity index (χ4n) is 5.00. The molecule has 0 bridgehead atoms. The zero-order valence-corrected chi connectivity index (χ0v) is 15.5. The maximum Gasteiger partial charge on any atom is 0.117 e. The van der Waals surface area contributed by atoms with Gasteiger partial charge in [-0.25, -0.2) is 0 Å². The molecule has 0 N–H and O–H groups in total. The lowest BCUT2D eigenvalue weighted by Gasteiger charge is -2.32. The first-order valence-corrected chi connectivity index (χ1v) is 10.0. The smallest absolute Gasteiger partial charge is 0.117 e. The van der Waals surface area contributed by atoms with Crippen LogP contribution in [0.3, 0.4) is 0 Å². The van der Waals surface area contributed by atoms with Crippen LogP contribution in [0.1, 0.15) is 48.9 Å². The van der Waals surface area contributed by atoms with Crippen molar-refractivity contribution >= 4 is 0 Å². The molecule has 5 rings (SSSR count). The van der Waals surface area contributed by atoms with E-state index in [9.17, 15) is 0 Å². The molecular weight excluding hydrogens is 336 g/mol. The lowest BCUT2D eigenvalue weighted by atomic mass is 9.90. The lowest BCUT2D eigenvalue weighted by molar-refractivity contribution is 0.0910. The molecule has 2 atom stereocenters. The van der Waals surface area contributed by atoms with E-state index < -0.39 is 0 Å². The fraction of sp³-hybridized carbons (Fsp3) is 0.391. The number of hydrogen-bond donors (Lipinski definition) is 0. The Bertz CT molecular complexity index is 776. The number of benzene rings is 1. The van der Waals surface area contributed by atoms with Crippen LogP contribution >= 0.6 is 0 Å². The maximum absolute atomic E-state index is 5.72. The van der Waals surface area contributed by atoms with Gasteiger partial charge in [-0.15, -0.1) is 0 Å². The molecule has 140 valence electrons. The molecule has 2 aromatic heterocycles. The van der Waals surface area contributed by atoms with Gasteiger partial charge in [-0.1, -0.05) is 43.2 Å². The second-order valence-corrected chi connectivity index (χ2v) is 7.71. The Morgan fingerprint density at radius 1 is 0.704 bits per heavy atom. The SMILES string of the molecule is c1ccc(C2N(Cc3ccco3)[C@@H]3CCCC[C@H]3N2Cc2ccco2)cc1. The number of hydrogen-bond acceptors (Lipinski definition) is 4. The molecule has 3 heterocycles. The minimum absolute atomic E-state index is 0.245. The van der Waals surface area contributed by atoms with Crippen LogP contribution < -0.4 is 0 Å². The monoisotopic (exact) mass is 362 g/mol. The number of fused-ring (bicyclic) bond motifs is 1. The van der Waals surface area contributed by atoms with Gasteiger partial charge in [0.25, 0.3) is 0 Å².